The highest BCUT2D eigenvalue weighted by Crippen LogP contribution is 2.52. The maximum absolute atomic E-state index is 13.4. The van der Waals surface area contributed by atoms with Gasteiger partial charge in [-0.2, -0.15) is 0 Å². The van der Waals surface area contributed by atoms with Crippen molar-refractivity contribution in [1.29, 1.82) is 0 Å². The van der Waals surface area contributed by atoms with Gasteiger partial charge in [0.15, 0.2) is 11.5 Å². The quantitative estimate of drug-likeness (QED) is 0.693. The van der Waals surface area contributed by atoms with E-state index in [-0.39, 0.29) is 35.5 Å². The standard InChI is InChI=1S/C25H28F2N2O4/c1-23(2,3)21-13-15-12-17(5-6-18(15)29(21)10-11-30)28-22(31)24(8-9-24)16-4-7-19-20(14-16)33-25(26,27)32-19/h4-7,12,14,21,30H,8-11,13H2,1-3H3,(H,28,31). The number of rotatable bonds is 5. The van der Waals surface area contributed by atoms with E-state index < -0.39 is 11.7 Å². The lowest BCUT2D eigenvalue weighted by Crippen LogP contribution is -2.43. The van der Waals surface area contributed by atoms with Crippen molar-refractivity contribution in [3.8, 4) is 11.5 Å². The van der Waals surface area contributed by atoms with Crippen LogP contribution in [0, 0.1) is 5.41 Å². The highest BCUT2D eigenvalue weighted by Gasteiger charge is 2.53. The van der Waals surface area contributed by atoms with Crippen LogP contribution in [-0.2, 0) is 16.6 Å². The second-order valence-corrected chi connectivity index (χ2v) is 10.2. The molecule has 2 aromatic rings. The van der Waals surface area contributed by atoms with Crippen molar-refractivity contribution in [3.63, 3.8) is 0 Å². The molecule has 2 heterocycles. The van der Waals surface area contributed by atoms with Crippen LogP contribution in [0.25, 0.3) is 0 Å². The van der Waals surface area contributed by atoms with Crippen LogP contribution < -0.4 is 19.7 Å². The van der Waals surface area contributed by atoms with Gasteiger partial charge < -0.3 is 24.8 Å². The molecule has 0 aromatic heterocycles. The van der Waals surface area contributed by atoms with E-state index >= 15 is 0 Å². The zero-order chi connectivity index (χ0) is 23.6. The summed E-state index contributed by atoms with van der Waals surface area (Å²) in [6, 6.07) is 10.7. The van der Waals surface area contributed by atoms with Crippen molar-refractivity contribution >= 4 is 17.3 Å². The molecule has 5 rings (SSSR count). The van der Waals surface area contributed by atoms with E-state index in [1.165, 1.54) is 12.1 Å². The van der Waals surface area contributed by atoms with E-state index in [4.69, 9.17) is 0 Å². The van der Waals surface area contributed by atoms with Gasteiger partial charge >= 0.3 is 6.29 Å². The number of nitrogens with zero attached hydrogens (tertiary/aromatic N) is 1. The third-order valence-electron chi connectivity index (χ3n) is 6.92. The molecule has 0 radical (unpaired) electrons. The lowest BCUT2D eigenvalue weighted by molar-refractivity contribution is -0.286. The molecule has 33 heavy (non-hydrogen) atoms. The molecule has 1 saturated carbocycles. The number of ether oxygens (including phenoxy) is 2. The SMILES string of the molecule is CC(C)(C)C1Cc2cc(NC(=O)C3(c4ccc5c(c4)OC(F)(F)O5)CC3)ccc2N1CCO. The number of fused-ring (bicyclic) bond motifs is 2. The number of nitrogens with one attached hydrogen (secondary N) is 1. The Bertz CT molecular complexity index is 1110. The van der Waals surface area contributed by atoms with E-state index in [0.29, 0.717) is 30.6 Å². The lowest BCUT2D eigenvalue weighted by Gasteiger charge is -2.36. The smallest absolute Gasteiger partial charge is 0.395 e. The van der Waals surface area contributed by atoms with Crippen LogP contribution in [0.3, 0.4) is 0 Å². The first kappa shape index (κ1) is 21.9. The number of aliphatic hydroxyl groups excluding tert-OH is 1. The Morgan fingerprint density at radius 1 is 1.15 bits per heavy atom. The molecule has 2 aliphatic heterocycles. The zero-order valence-corrected chi connectivity index (χ0v) is 19.0. The van der Waals surface area contributed by atoms with Crippen molar-refractivity contribution in [2.75, 3.05) is 23.4 Å². The summed E-state index contributed by atoms with van der Waals surface area (Å²) in [5, 5.41) is 12.6. The third kappa shape index (κ3) is 3.80. The monoisotopic (exact) mass is 458 g/mol. The molecule has 0 spiro atoms. The van der Waals surface area contributed by atoms with Crippen molar-refractivity contribution in [2.24, 2.45) is 5.41 Å². The second kappa shape index (κ2) is 7.32. The van der Waals surface area contributed by atoms with Gasteiger partial charge in [0.2, 0.25) is 5.91 Å². The third-order valence-corrected chi connectivity index (χ3v) is 6.92. The molecule has 1 amide bonds. The maximum Gasteiger partial charge on any atom is 0.586 e. The summed E-state index contributed by atoms with van der Waals surface area (Å²) in [6.45, 7) is 7.21. The average Bonchev–Trinajstić information content (AvgIpc) is 3.37. The van der Waals surface area contributed by atoms with Crippen LogP contribution in [0.1, 0.15) is 44.7 Å². The Labute approximate surface area is 191 Å². The predicted molar refractivity (Wildman–Crippen MR) is 120 cm³/mol. The van der Waals surface area contributed by atoms with Crippen LogP contribution >= 0.6 is 0 Å². The number of halogens is 2. The predicted octanol–water partition coefficient (Wildman–Crippen LogP) is 4.45. The lowest BCUT2D eigenvalue weighted by atomic mass is 9.84. The second-order valence-electron chi connectivity index (χ2n) is 10.2. The highest BCUT2D eigenvalue weighted by atomic mass is 19.3. The van der Waals surface area contributed by atoms with Gasteiger partial charge in [0.25, 0.3) is 0 Å². The molecule has 0 saturated heterocycles. The van der Waals surface area contributed by atoms with E-state index in [1.807, 2.05) is 18.2 Å². The Kier molecular flexibility index (Phi) is 4.87. The molecule has 1 aliphatic carbocycles. The van der Waals surface area contributed by atoms with Crippen molar-refractivity contribution in [2.45, 2.75) is 57.8 Å². The molecule has 3 aliphatic rings. The first-order chi connectivity index (χ1) is 15.5. The topological polar surface area (TPSA) is 71.0 Å². The number of anilines is 2. The van der Waals surface area contributed by atoms with Crippen LogP contribution in [0.2, 0.25) is 0 Å². The molecule has 8 heteroatoms. The number of hydrogen-bond donors (Lipinski definition) is 2. The van der Waals surface area contributed by atoms with Gasteiger partial charge in [-0.3, -0.25) is 4.79 Å². The fourth-order valence-electron chi connectivity index (χ4n) is 5.02. The number of carbonyl (C=O) groups is 1. The highest BCUT2D eigenvalue weighted by molar-refractivity contribution is 6.01. The summed E-state index contributed by atoms with van der Waals surface area (Å²) in [7, 11) is 0. The molecule has 6 nitrogen and oxygen atoms in total. The Morgan fingerprint density at radius 3 is 2.55 bits per heavy atom. The van der Waals surface area contributed by atoms with E-state index in [9.17, 15) is 18.7 Å². The summed E-state index contributed by atoms with van der Waals surface area (Å²) in [5.41, 5.74) is 2.84. The minimum Gasteiger partial charge on any atom is -0.395 e. The van der Waals surface area contributed by atoms with E-state index in [1.54, 1.807) is 6.07 Å². The minimum absolute atomic E-state index is 0.0283. The van der Waals surface area contributed by atoms with Crippen LogP contribution in [-0.4, -0.2) is 36.5 Å². The summed E-state index contributed by atoms with van der Waals surface area (Å²) in [6.07, 6.45) is -1.57. The zero-order valence-electron chi connectivity index (χ0n) is 19.0. The van der Waals surface area contributed by atoms with Gasteiger partial charge in [-0.1, -0.05) is 26.8 Å². The number of alkyl halides is 2. The fourth-order valence-corrected chi connectivity index (χ4v) is 5.02. The number of benzene rings is 2. The molecule has 1 atom stereocenters. The first-order valence-electron chi connectivity index (χ1n) is 11.2. The normalized spacial score (nSPS) is 21.6. The van der Waals surface area contributed by atoms with Gasteiger partial charge in [0.05, 0.1) is 12.0 Å². The summed E-state index contributed by atoms with van der Waals surface area (Å²) >= 11 is 0. The maximum atomic E-state index is 13.4. The number of aliphatic hydroxyl groups is 1. The van der Waals surface area contributed by atoms with Crippen LogP contribution in [0.5, 0.6) is 11.5 Å². The molecule has 0 bridgehead atoms. The molecule has 176 valence electrons. The fraction of sp³-hybridized carbons (Fsp3) is 0.480. The molecular weight excluding hydrogens is 430 g/mol. The Hall–Kier alpha value is -2.87. The number of β-amino-alcohol motifs (C(OH)–C–C–N with tert-alkyl or cyclic N) is 1. The molecule has 1 unspecified atom stereocenters. The van der Waals surface area contributed by atoms with Gasteiger partial charge in [0, 0.05) is 24.0 Å². The van der Waals surface area contributed by atoms with Crippen LogP contribution in [0.4, 0.5) is 20.2 Å². The number of amides is 1. The largest absolute Gasteiger partial charge is 0.586 e. The average molecular weight is 459 g/mol. The van der Waals surface area contributed by atoms with E-state index in [0.717, 1.165) is 17.7 Å². The van der Waals surface area contributed by atoms with Crippen LogP contribution in [0.15, 0.2) is 36.4 Å². The molecule has 1 fully saturated rings. The van der Waals surface area contributed by atoms with Gasteiger partial charge in [-0.25, -0.2) is 0 Å². The molecule has 2 N–H and O–H groups in total. The number of carbonyl (C=O) groups excluding carboxylic acids is 1. The van der Waals surface area contributed by atoms with Crippen molar-refractivity contribution in [3.05, 3.63) is 47.5 Å². The van der Waals surface area contributed by atoms with Gasteiger partial charge in [0.1, 0.15) is 0 Å². The Morgan fingerprint density at radius 2 is 1.88 bits per heavy atom. The molecule has 2 aromatic carbocycles. The minimum atomic E-state index is -3.68. The first-order valence-corrected chi connectivity index (χ1v) is 11.2. The summed E-state index contributed by atoms with van der Waals surface area (Å²) in [5.74, 6) is -0.239. The van der Waals surface area contributed by atoms with E-state index in [2.05, 4.69) is 40.5 Å². The van der Waals surface area contributed by atoms with Crippen molar-refractivity contribution < 1.29 is 28.2 Å². The Balaban J connectivity index is 1.36. The van der Waals surface area contributed by atoms with Gasteiger partial charge in [-0.15, -0.1) is 8.78 Å². The summed E-state index contributed by atoms with van der Waals surface area (Å²) in [4.78, 5) is 15.5. The molecular formula is C25H28F2N2O4. The van der Waals surface area contributed by atoms with Gasteiger partial charge in [-0.05, 0) is 66.1 Å². The summed E-state index contributed by atoms with van der Waals surface area (Å²) < 4.78 is 35.8. The van der Waals surface area contributed by atoms with Crippen molar-refractivity contribution in [1.82, 2.24) is 0 Å². The number of hydrogen-bond acceptors (Lipinski definition) is 5.